The van der Waals surface area contributed by atoms with Gasteiger partial charge in [0.05, 0.1) is 0 Å². The number of rotatable bonds is 5. The molecule has 0 unspecified atom stereocenters. The maximum absolute atomic E-state index is 8.42. The van der Waals surface area contributed by atoms with Gasteiger partial charge >= 0.3 is 0 Å². The average molecular weight is 129 g/mol. The van der Waals surface area contributed by atoms with Crippen molar-refractivity contribution in [1.29, 1.82) is 0 Å². The zero-order chi connectivity index (χ0) is 7.11. The Morgan fingerprint density at radius 1 is 1.11 bits per heavy atom. The number of hydrogen-bond acceptors (Lipinski definition) is 1. The Kier molecular flexibility index (Phi) is 6.06. The first kappa shape index (κ1) is 8.96. The van der Waals surface area contributed by atoms with Gasteiger partial charge in [0.2, 0.25) is 0 Å². The minimum Gasteiger partial charge on any atom is -0.396 e. The molecule has 0 aromatic heterocycles. The first-order valence-corrected chi connectivity index (χ1v) is 3.67. The smallest absolute Gasteiger partial charge is 0.0431 e. The van der Waals surface area contributed by atoms with E-state index in [1.54, 1.807) is 0 Å². The standard InChI is InChI=1S/C8H17O/c1-8(2)6-4-3-5-7-9/h9H,3-7H2,1-2H3. The molecule has 0 aromatic carbocycles. The molecule has 0 atom stereocenters. The third-order valence-corrected chi connectivity index (χ3v) is 1.33. The van der Waals surface area contributed by atoms with Crippen LogP contribution < -0.4 is 0 Å². The maximum atomic E-state index is 8.42. The molecule has 0 saturated carbocycles. The summed E-state index contributed by atoms with van der Waals surface area (Å²) < 4.78 is 0. The quantitative estimate of drug-likeness (QED) is 0.564. The summed E-state index contributed by atoms with van der Waals surface area (Å²) in [4.78, 5) is 0. The van der Waals surface area contributed by atoms with E-state index in [1.165, 1.54) is 25.2 Å². The third-order valence-electron chi connectivity index (χ3n) is 1.33. The highest BCUT2D eigenvalue weighted by Gasteiger charge is 1.92. The fraction of sp³-hybridized carbons (Fsp3) is 0.875. The molecular formula is C8H17O. The summed E-state index contributed by atoms with van der Waals surface area (Å²) in [5.41, 5.74) is 0. The van der Waals surface area contributed by atoms with Gasteiger partial charge < -0.3 is 5.11 Å². The van der Waals surface area contributed by atoms with Crippen molar-refractivity contribution in [2.75, 3.05) is 6.61 Å². The van der Waals surface area contributed by atoms with Crippen LogP contribution in [0.25, 0.3) is 0 Å². The van der Waals surface area contributed by atoms with E-state index in [2.05, 4.69) is 13.8 Å². The zero-order valence-electron chi connectivity index (χ0n) is 6.48. The second kappa shape index (κ2) is 6.09. The normalized spacial score (nSPS) is 10.7. The lowest BCUT2D eigenvalue weighted by molar-refractivity contribution is 0.283. The van der Waals surface area contributed by atoms with E-state index in [4.69, 9.17) is 5.11 Å². The van der Waals surface area contributed by atoms with Crippen molar-refractivity contribution in [3.8, 4) is 0 Å². The highest BCUT2D eigenvalue weighted by Crippen LogP contribution is 2.08. The average Bonchev–Trinajstić information content (AvgIpc) is 1.80. The summed E-state index contributed by atoms with van der Waals surface area (Å²) in [5.74, 6) is 1.49. The van der Waals surface area contributed by atoms with Gasteiger partial charge in [-0.05, 0) is 18.8 Å². The Morgan fingerprint density at radius 2 is 1.78 bits per heavy atom. The molecule has 0 heterocycles. The van der Waals surface area contributed by atoms with Crippen LogP contribution in [0, 0.1) is 5.92 Å². The summed E-state index contributed by atoms with van der Waals surface area (Å²) in [6.45, 7) is 4.65. The molecule has 1 nitrogen and oxygen atoms in total. The van der Waals surface area contributed by atoms with Gasteiger partial charge in [-0.15, -0.1) is 0 Å². The van der Waals surface area contributed by atoms with Crippen LogP contribution in [0.1, 0.15) is 39.5 Å². The van der Waals surface area contributed by atoms with E-state index in [-0.39, 0.29) is 0 Å². The van der Waals surface area contributed by atoms with Crippen molar-refractivity contribution in [3.05, 3.63) is 5.92 Å². The fourth-order valence-corrected chi connectivity index (χ4v) is 0.767. The highest BCUT2D eigenvalue weighted by molar-refractivity contribution is 4.75. The lowest BCUT2D eigenvalue weighted by Gasteiger charge is -2.01. The largest absolute Gasteiger partial charge is 0.396 e. The molecule has 1 N–H and O–H groups in total. The Hall–Kier alpha value is -0.0400. The van der Waals surface area contributed by atoms with Crippen molar-refractivity contribution >= 4 is 0 Å². The molecular weight excluding hydrogens is 112 g/mol. The second-order valence-corrected chi connectivity index (χ2v) is 2.74. The Bertz CT molecular complexity index is 50.5. The van der Waals surface area contributed by atoms with Crippen LogP contribution in [-0.2, 0) is 0 Å². The van der Waals surface area contributed by atoms with Gasteiger partial charge in [0, 0.05) is 6.61 Å². The lowest BCUT2D eigenvalue weighted by Crippen LogP contribution is -1.86. The van der Waals surface area contributed by atoms with Crippen LogP contribution in [0.5, 0.6) is 0 Å². The Balaban J connectivity index is 2.75. The minimum atomic E-state index is 0.350. The number of hydrogen-bond donors (Lipinski definition) is 1. The van der Waals surface area contributed by atoms with Gasteiger partial charge in [0.25, 0.3) is 0 Å². The van der Waals surface area contributed by atoms with Crippen LogP contribution in [0.15, 0.2) is 0 Å². The molecule has 0 aliphatic heterocycles. The molecule has 9 heavy (non-hydrogen) atoms. The van der Waals surface area contributed by atoms with E-state index in [0.29, 0.717) is 6.61 Å². The molecule has 0 amide bonds. The summed E-state index contributed by atoms with van der Waals surface area (Å²) in [5, 5.41) is 8.42. The van der Waals surface area contributed by atoms with E-state index < -0.39 is 0 Å². The molecule has 0 aliphatic carbocycles. The van der Waals surface area contributed by atoms with Gasteiger partial charge in [-0.2, -0.15) is 0 Å². The van der Waals surface area contributed by atoms with E-state index >= 15 is 0 Å². The number of aliphatic hydroxyl groups is 1. The third kappa shape index (κ3) is 7.96. The van der Waals surface area contributed by atoms with Crippen LogP contribution in [-0.4, -0.2) is 11.7 Å². The van der Waals surface area contributed by atoms with E-state index in [0.717, 1.165) is 6.42 Å². The SMILES string of the molecule is C[C](C)CCCCCO. The van der Waals surface area contributed by atoms with Crippen LogP contribution in [0.4, 0.5) is 0 Å². The molecule has 0 fully saturated rings. The van der Waals surface area contributed by atoms with Crippen molar-refractivity contribution in [2.45, 2.75) is 39.5 Å². The molecule has 0 aliphatic rings. The van der Waals surface area contributed by atoms with Crippen molar-refractivity contribution < 1.29 is 5.11 Å². The molecule has 0 rings (SSSR count). The zero-order valence-corrected chi connectivity index (χ0v) is 6.48. The predicted molar refractivity (Wildman–Crippen MR) is 40.1 cm³/mol. The van der Waals surface area contributed by atoms with Crippen LogP contribution in [0.3, 0.4) is 0 Å². The molecule has 0 saturated heterocycles. The Morgan fingerprint density at radius 3 is 2.22 bits per heavy atom. The molecule has 0 aromatic rings. The highest BCUT2D eigenvalue weighted by atomic mass is 16.2. The lowest BCUT2D eigenvalue weighted by atomic mass is 10.1. The second-order valence-electron chi connectivity index (χ2n) is 2.74. The topological polar surface area (TPSA) is 20.2 Å². The number of unbranched alkanes of at least 4 members (excludes halogenated alkanes) is 2. The fourth-order valence-electron chi connectivity index (χ4n) is 0.767. The molecule has 0 bridgehead atoms. The van der Waals surface area contributed by atoms with E-state index in [1.807, 2.05) is 0 Å². The first-order valence-electron chi connectivity index (χ1n) is 3.67. The minimum absolute atomic E-state index is 0.350. The number of aliphatic hydroxyl groups excluding tert-OH is 1. The van der Waals surface area contributed by atoms with Gasteiger partial charge in [0.15, 0.2) is 0 Å². The monoisotopic (exact) mass is 129 g/mol. The molecule has 1 radical (unpaired) electrons. The van der Waals surface area contributed by atoms with Crippen LogP contribution >= 0.6 is 0 Å². The molecule has 1 heteroatoms. The van der Waals surface area contributed by atoms with Crippen molar-refractivity contribution in [1.82, 2.24) is 0 Å². The predicted octanol–water partition coefficient (Wildman–Crippen LogP) is 2.15. The Labute approximate surface area is 58.1 Å². The van der Waals surface area contributed by atoms with Gasteiger partial charge in [-0.1, -0.05) is 26.7 Å². The van der Waals surface area contributed by atoms with E-state index in [9.17, 15) is 0 Å². The van der Waals surface area contributed by atoms with Gasteiger partial charge in [-0.3, -0.25) is 0 Å². The maximum Gasteiger partial charge on any atom is 0.0431 e. The summed E-state index contributed by atoms with van der Waals surface area (Å²) in [6.07, 6.45) is 4.60. The van der Waals surface area contributed by atoms with Crippen molar-refractivity contribution in [3.63, 3.8) is 0 Å². The summed E-state index contributed by atoms with van der Waals surface area (Å²) in [6, 6.07) is 0. The summed E-state index contributed by atoms with van der Waals surface area (Å²) >= 11 is 0. The first-order chi connectivity index (χ1) is 4.27. The molecule has 0 spiro atoms. The summed E-state index contributed by atoms with van der Waals surface area (Å²) in [7, 11) is 0. The van der Waals surface area contributed by atoms with Gasteiger partial charge in [-0.25, -0.2) is 0 Å². The molecule has 55 valence electrons. The van der Waals surface area contributed by atoms with Crippen LogP contribution in [0.2, 0.25) is 0 Å². The van der Waals surface area contributed by atoms with Crippen molar-refractivity contribution in [2.24, 2.45) is 0 Å². The van der Waals surface area contributed by atoms with Gasteiger partial charge in [0.1, 0.15) is 0 Å².